The van der Waals surface area contributed by atoms with Crippen molar-refractivity contribution in [3.05, 3.63) is 0 Å². The van der Waals surface area contributed by atoms with Gasteiger partial charge in [0.25, 0.3) is 0 Å². The number of hydrogen-bond donors (Lipinski definition) is 2. The van der Waals surface area contributed by atoms with E-state index in [4.69, 9.17) is 11.5 Å². The van der Waals surface area contributed by atoms with E-state index in [1.165, 1.54) is 103 Å². The first-order chi connectivity index (χ1) is 13.8. The van der Waals surface area contributed by atoms with Crippen LogP contribution < -0.4 is 11.5 Å². The summed E-state index contributed by atoms with van der Waals surface area (Å²) in [6, 6.07) is 0. The average molecular weight is 399 g/mol. The highest BCUT2D eigenvalue weighted by Gasteiger charge is 2.09. The first-order valence-corrected chi connectivity index (χ1v) is 12.6. The number of nitrogens with two attached hydrogens (primary N) is 2. The molecule has 170 valence electrons. The van der Waals surface area contributed by atoms with Gasteiger partial charge in [-0.3, -0.25) is 0 Å². The third-order valence-corrected chi connectivity index (χ3v) is 5.75. The first-order valence-electron chi connectivity index (χ1n) is 12.6. The minimum Gasteiger partial charge on any atom is -0.330 e. The van der Waals surface area contributed by atoms with Crippen LogP contribution in [0.3, 0.4) is 0 Å². The Balaban J connectivity index is 4.13. The van der Waals surface area contributed by atoms with Gasteiger partial charge in [0.2, 0.25) is 0 Å². The summed E-state index contributed by atoms with van der Waals surface area (Å²) in [5, 5.41) is 0. The van der Waals surface area contributed by atoms with Crippen molar-refractivity contribution in [1.29, 1.82) is 0 Å². The standard InChI is InChI=1S/C24H54N4/c1-3-5-7-9-11-13-19-27(21-15-17-25)23-24-28(22-16-18-26)20-14-12-10-8-6-4-2/h3-26H2,1-2H3. The number of unbranched alkanes of at least 4 members (excludes halogenated alkanes) is 10. The Morgan fingerprint density at radius 1 is 0.393 bits per heavy atom. The molecular weight excluding hydrogens is 344 g/mol. The van der Waals surface area contributed by atoms with Crippen molar-refractivity contribution >= 4 is 0 Å². The van der Waals surface area contributed by atoms with E-state index in [2.05, 4.69) is 23.6 Å². The van der Waals surface area contributed by atoms with Gasteiger partial charge in [0, 0.05) is 13.1 Å². The Morgan fingerprint density at radius 3 is 1.07 bits per heavy atom. The highest BCUT2D eigenvalue weighted by atomic mass is 15.2. The molecule has 0 bridgehead atoms. The van der Waals surface area contributed by atoms with Crippen molar-refractivity contribution in [2.75, 3.05) is 52.4 Å². The van der Waals surface area contributed by atoms with Gasteiger partial charge in [0.15, 0.2) is 0 Å². The molecule has 4 nitrogen and oxygen atoms in total. The second-order valence-corrected chi connectivity index (χ2v) is 8.50. The van der Waals surface area contributed by atoms with E-state index in [1.807, 2.05) is 0 Å². The SMILES string of the molecule is CCCCCCCCN(CCCN)CCN(CCCN)CCCCCCCC. The molecular formula is C24H54N4. The van der Waals surface area contributed by atoms with Crippen LogP contribution in [-0.2, 0) is 0 Å². The fourth-order valence-electron chi connectivity index (χ4n) is 3.81. The van der Waals surface area contributed by atoms with E-state index in [0.29, 0.717) is 0 Å². The Morgan fingerprint density at radius 2 is 0.714 bits per heavy atom. The molecule has 0 aromatic carbocycles. The van der Waals surface area contributed by atoms with Crippen LogP contribution in [0.5, 0.6) is 0 Å². The average Bonchev–Trinajstić information content (AvgIpc) is 2.71. The zero-order valence-electron chi connectivity index (χ0n) is 19.6. The molecule has 0 aliphatic heterocycles. The second kappa shape index (κ2) is 23.1. The summed E-state index contributed by atoms with van der Waals surface area (Å²) < 4.78 is 0. The van der Waals surface area contributed by atoms with Crippen LogP contribution in [0.4, 0.5) is 0 Å². The molecule has 0 radical (unpaired) electrons. The van der Waals surface area contributed by atoms with Gasteiger partial charge in [0.1, 0.15) is 0 Å². The summed E-state index contributed by atoms with van der Waals surface area (Å²) in [4.78, 5) is 5.31. The molecule has 0 heterocycles. The Kier molecular flexibility index (Phi) is 23.0. The lowest BCUT2D eigenvalue weighted by atomic mass is 10.1. The van der Waals surface area contributed by atoms with Gasteiger partial charge in [-0.1, -0.05) is 78.1 Å². The summed E-state index contributed by atoms with van der Waals surface area (Å²) in [6.07, 6.45) is 18.8. The monoisotopic (exact) mass is 398 g/mol. The predicted octanol–water partition coefficient (Wildman–Crippen LogP) is 5.01. The normalized spacial score (nSPS) is 11.8. The van der Waals surface area contributed by atoms with Crippen molar-refractivity contribution in [1.82, 2.24) is 9.80 Å². The molecule has 28 heavy (non-hydrogen) atoms. The molecule has 0 saturated carbocycles. The highest BCUT2D eigenvalue weighted by molar-refractivity contribution is 4.65. The summed E-state index contributed by atoms with van der Waals surface area (Å²) >= 11 is 0. The molecule has 0 rings (SSSR count). The van der Waals surface area contributed by atoms with Crippen LogP contribution in [0.25, 0.3) is 0 Å². The third-order valence-electron chi connectivity index (χ3n) is 5.75. The molecule has 0 aliphatic carbocycles. The number of hydrogen-bond acceptors (Lipinski definition) is 4. The van der Waals surface area contributed by atoms with Gasteiger partial charge in [-0.05, 0) is 65.0 Å². The van der Waals surface area contributed by atoms with E-state index in [9.17, 15) is 0 Å². The van der Waals surface area contributed by atoms with Gasteiger partial charge in [-0.25, -0.2) is 0 Å². The minimum atomic E-state index is 0.807. The maximum absolute atomic E-state index is 5.77. The molecule has 0 atom stereocenters. The largest absolute Gasteiger partial charge is 0.330 e. The van der Waals surface area contributed by atoms with Crippen LogP contribution in [-0.4, -0.2) is 62.2 Å². The zero-order chi connectivity index (χ0) is 20.7. The van der Waals surface area contributed by atoms with E-state index in [1.54, 1.807) is 0 Å². The molecule has 4 N–H and O–H groups in total. The molecule has 0 amide bonds. The molecule has 0 unspecified atom stereocenters. The topological polar surface area (TPSA) is 58.5 Å². The van der Waals surface area contributed by atoms with Gasteiger partial charge in [0.05, 0.1) is 0 Å². The van der Waals surface area contributed by atoms with Crippen molar-refractivity contribution in [3.63, 3.8) is 0 Å². The molecule has 0 saturated heterocycles. The number of nitrogens with zero attached hydrogens (tertiary/aromatic N) is 2. The van der Waals surface area contributed by atoms with Gasteiger partial charge >= 0.3 is 0 Å². The van der Waals surface area contributed by atoms with E-state index in [-0.39, 0.29) is 0 Å². The van der Waals surface area contributed by atoms with Crippen LogP contribution in [0.2, 0.25) is 0 Å². The summed E-state index contributed by atoms with van der Waals surface area (Å²) in [7, 11) is 0. The first kappa shape index (κ1) is 27.8. The van der Waals surface area contributed by atoms with E-state index in [0.717, 1.165) is 39.0 Å². The molecule has 0 aliphatic rings. The zero-order valence-corrected chi connectivity index (χ0v) is 19.6. The van der Waals surface area contributed by atoms with Crippen LogP contribution >= 0.6 is 0 Å². The van der Waals surface area contributed by atoms with Crippen molar-refractivity contribution in [2.45, 2.75) is 104 Å². The van der Waals surface area contributed by atoms with Gasteiger partial charge in [-0.2, -0.15) is 0 Å². The maximum Gasteiger partial charge on any atom is 0.0109 e. The quantitative estimate of drug-likeness (QED) is 0.238. The third kappa shape index (κ3) is 19.2. The molecule has 0 spiro atoms. The minimum absolute atomic E-state index is 0.807. The summed E-state index contributed by atoms with van der Waals surface area (Å²) in [5.41, 5.74) is 11.5. The van der Waals surface area contributed by atoms with Crippen LogP contribution in [0.1, 0.15) is 104 Å². The number of rotatable bonds is 23. The van der Waals surface area contributed by atoms with Crippen LogP contribution in [0, 0.1) is 0 Å². The Labute approximate surface area is 177 Å². The summed E-state index contributed by atoms with van der Waals surface area (Å²) in [6.45, 7) is 13.4. The van der Waals surface area contributed by atoms with Gasteiger partial charge in [-0.15, -0.1) is 0 Å². The molecule has 0 aromatic rings. The summed E-state index contributed by atoms with van der Waals surface area (Å²) in [5.74, 6) is 0. The molecule has 0 fully saturated rings. The van der Waals surface area contributed by atoms with Crippen LogP contribution in [0.15, 0.2) is 0 Å². The molecule has 0 aromatic heterocycles. The lowest BCUT2D eigenvalue weighted by molar-refractivity contribution is 0.196. The second-order valence-electron chi connectivity index (χ2n) is 8.50. The Bertz CT molecular complexity index is 258. The lowest BCUT2D eigenvalue weighted by Crippen LogP contribution is -2.38. The smallest absolute Gasteiger partial charge is 0.0109 e. The lowest BCUT2D eigenvalue weighted by Gasteiger charge is -2.28. The van der Waals surface area contributed by atoms with E-state index < -0.39 is 0 Å². The fourth-order valence-corrected chi connectivity index (χ4v) is 3.81. The highest BCUT2D eigenvalue weighted by Crippen LogP contribution is 2.08. The van der Waals surface area contributed by atoms with Crippen molar-refractivity contribution < 1.29 is 0 Å². The maximum atomic E-state index is 5.77. The van der Waals surface area contributed by atoms with Gasteiger partial charge < -0.3 is 21.3 Å². The molecule has 4 heteroatoms. The fraction of sp³-hybridized carbons (Fsp3) is 1.00. The van der Waals surface area contributed by atoms with Crippen molar-refractivity contribution in [3.8, 4) is 0 Å². The van der Waals surface area contributed by atoms with Crippen molar-refractivity contribution in [2.24, 2.45) is 11.5 Å². The van der Waals surface area contributed by atoms with E-state index >= 15 is 0 Å². The predicted molar refractivity (Wildman–Crippen MR) is 127 cm³/mol. The Hall–Kier alpha value is -0.160.